The predicted octanol–water partition coefficient (Wildman–Crippen LogP) is 2.56. The topological polar surface area (TPSA) is 54.4 Å². The molecule has 0 unspecified atom stereocenters. The molecule has 2 atom stereocenters. The van der Waals surface area contributed by atoms with E-state index in [1.54, 1.807) is 34.7 Å². The fraction of sp³-hybridized carbons (Fsp3) is 0.400. The summed E-state index contributed by atoms with van der Waals surface area (Å²) < 4.78 is 21.7. The van der Waals surface area contributed by atoms with Crippen molar-refractivity contribution in [2.45, 2.75) is 14.7 Å². The van der Waals surface area contributed by atoms with Crippen molar-refractivity contribution in [3.63, 3.8) is 0 Å². The van der Waals surface area contributed by atoms with Crippen LogP contribution in [0.15, 0.2) is 24.3 Å². The molecule has 0 amide bonds. The maximum absolute atomic E-state index is 11.6. The van der Waals surface area contributed by atoms with Crippen LogP contribution in [0.25, 0.3) is 0 Å². The van der Waals surface area contributed by atoms with Crippen LogP contribution in [-0.4, -0.2) is 21.4 Å². The Labute approximate surface area is 117 Å². The Kier molecular flexibility index (Phi) is 4.42. The second kappa shape index (κ2) is 4.91. The molecule has 0 saturated heterocycles. The lowest BCUT2D eigenvalue weighted by molar-refractivity contribution is 0.190. The first kappa shape index (κ1) is 14.4. The van der Waals surface area contributed by atoms with Crippen molar-refractivity contribution in [1.82, 2.24) is 0 Å². The maximum atomic E-state index is 11.6. The van der Waals surface area contributed by atoms with E-state index in [2.05, 4.69) is 15.9 Å². The number of sulfone groups is 1. The summed E-state index contributed by atoms with van der Waals surface area (Å²) in [5.74, 6) is 0. The number of aliphatic hydroxyl groups is 1. The first-order chi connectivity index (χ1) is 7.18. The largest absolute Gasteiger partial charge is 0.385 e. The molecule has 90 valence electrons. The summed E-state index contributed by atoms with van der Waals surface area (Å²) in [5, 5.41) is 10.1. The Balaban J connectivity index is 3.23. The highest BCUT2D eigenvalue weighted by molar-refractivity contribution is 14.1. The smallest absolute Gasteiger partial charge is 0.206 e. The van der Waals surface area contributed by atoms with Crippen LogP contribution in [0.4, 0.5) is 0 Å². The molecule has 0 aromatic heterocycles. The van der Waals surface area contributed by atoms with Gasteiger partial charge in [-0.2, -0.15) is 0 Å². The average Bonchev–Trinajstić information content (AvgIpc) is 2.15. The number of hydrogen-bond donors (Lipinski definition) is 1. The molecule has 0 fully saturated rings. The van der Waals surface area contributed by atoms with Crippen molar-refractivity contribution < 1.29 is 13.5 Å². The molecular formula is C10H12BrIO3S. The van der Waals surface area contributed by atoms with Crippen LogP contribution in [0, 0.1) is 6.92 Å². The van der Waals surface area contributed by atoms with Crippen LogP contribution in [-0.2, 0) is 9.84 Å². The van der Waals surface area contributed by atoms with Crippen molar-refractivity contribution >= 4 is 48.4 Å². The number of aryl methyl sites for hydroxylation is 1. The van der Waals surface area contributed by atoms with Crippen molar-refractivity contribution in [1.29, 1.82) is 0 Å². The lowest BCUT2D eigenvalue weighted by Gasteiger charge is -2.26. The monoisotopic (exact) mass is 418 g/mol. The molecule has 0 bridgehead atoms. The van der Waals surface area contributed by atoms with Crippen molar-refractivity contribution in [3.8, 4) is 0 Å². The van der Waals surface area contributed by atoms with Crippen molar-refractivity contribution in [2.24, 2.45) is 0 Å². The van der Waals surface area contributed by atoms with Gasteiger partial charge in [-0.3, -0.25) is 0 Å². The van der Waals surface area contributed by atoms with Gasteiger partial charge in [0.05, 0.1) is 0 Å². The van der Waals surface area contributed by atoms with Gasteiger partial charge in [0.2, 0.25) is 1.66 Å². The van der Waals surface area contributed by atoms with Crippen LogP contribution < -0.4 is 0 Å². The third kappa shape index (κ3) is 2.77. The van der Waals surface area contributed by atoms with E-state index in [-0.39, 0.29) is 0 Å². The van der Waals surface area contributed by atoms with Gasteiger partial charge >= 0.3 is 0 Å². The third-order valence-electron chi connectivity index (χ3n) is 2.30. The van der Waals surface area contributed by atoms with E-state index in [9.17, 15) is 13.5 Å². The van der Waals surface area contributed by atoms with Gasteiger partial charge in [0.1, 0.15) is 6.10 Å². The molecule has 0 aliphatic carbocycles. The zero-order chi connectivity index (χ0) is 12.6. The van der Waals surface area contributed by atoms with E-state index < -0.39 is 17.6 Å². The first-order valence-corrected chi connectivity index (χ1v) is 8.25. The van der Waals surface area contributed by atoms with Gasteiger partial charge in [-0.05, 0) is 40.6 Å². The van der Waals surface area contributed by atoms with Crippen LogP contribution in [0.1, 0.15) is 17.2 Å². The zero-order valence-corrected chi connectivity index (χ0v) is 13.4. The minimum absolute atomic E-state index is 0.610. The molecule has 0 aliphatic rings. The van der Waals surface area contributed by atoms with E-state index >= 15 is 0 Å². The Bertz CT molecular complexity index is 485. The van der Waals surface area contributed by atoms with Gasteiger partial charge in [0.25, 0.3) is 0 Å². The zero-order valence-electron chi connectivity index (χ0n) is 8.81. The summed E-state index contributed by atoms with van der Waals surface area (Å²) >= 11 is 4.79. The van der Waals surface area contributed by atoms with Gasteiger partial charge in [0, 0.05) is 6.26 Å². The molecule has 0 spiro atoms. The van der Waals surface area contributed by atoms with Gasteiger partial charge < -0.3 is 5.11 Å². The molecule has 1 aromatic rings. The highest BCUT2D eigenvalue weighted by Gasteiger charge is 2.43. The van der Waals surface area contributed by atoms with E-state index in [1.807, 2.05) is 19.1 Å². The summed E-state index contributed by atoms with van der Waals surface area (Å²) in [5.41, 5.74) is 1.47. The van der Waals surface area contributed by atoms with E-state index in [4.69, 9.17) is 0 Å². The molecule has 0 radical (unpaired) electrons. The normalized spacial score (nSPS) is 17.8. The highest BCUT2D eigenvalue weighted by atomic mass is 127. The first-order valence-electron chi connectivity index (χ1n) is 4.49. The van der Waals surface area contributed by atoms with Crippen LogP contribution in [0.5, 0.6) is 0 Å². The molecule has 0 saturated carbocycles. The number of alkyl halides is 2. The Hall–Kier alpha value is 0.340. The Morgan fingerprint density at radius 2 is 1.94 bits per heavy atom. The SMILES string of the molecule is Cc1ccccc1[C@H](O)[C@@](Br)(I)S(C)(=O)=O. The van der Waals surface area contributed by atoms with Gasteiger partial charge in [-0.25, -0.2) is 8.42 Å². The van der Waals surface area contributed by atoms with Crippen LogP contribution >= 0.6 is 38.5 Å². The average molecular weight is 419 g/mol. The van der Waals surface area contributed by atoms with Crippen LogP contribution in [0.2, 0.25) is 0 Å². The molecule has 1 aromatic carbocycles. The van der Waals surface area contributed by atoms with Gasteiger partial charge in [-0.15, -0.1) is 0 Å². The molecule has 16 heavy (non-hydrogen) atoms. The fourth-order valence-corrected chi connectivity index (χ4v) is 2.39. The summed E-state index contributed by atoms with van der Waals surface area (Å²) in [6.07, 6.45) is -0.0142. The van der Waals surface area contributed by atoms with Gasteiger partial charge in [0.15, 0.2) is 9.84 Å². The Morgan fingerprint density at radius 1 is 1.44 bits per heavy atom. The number of hydrogen-bond acceptors (Lipinski definition) is 3. The second-order valence-electron chi connectivity index (χ2n) is 3.59. The fourth-order valence-electron chi connectivity index (χ4n) is 1.28. The highest BCUT2D eigenvalue weighted by Crippen LogP contribution is 2.44. The van der Waals surface area contributed by atoms with Crippen molar-refractivity contribution in [2.75, 3.05) is 6.26 Å². The molecular weight excluding hydrogens is 407 g/mol. The van der Waals surface area contributed by atoms with Crippen LogP contribution in [0.3, 0.4) is 0 Å². The number of halogens is 2. The predicted molar refractivity (Wildman–Crippen MR) is 76.7 cm³/mol. The van der Waals surface area contributed by atoms with E-state index in [1.165, 1.54) is 0 Å². The molecule has 6 heteroatoms. The number of benzene rings is 1. The Morgan fingerprint density at radius 3 is 2.38 bits per heavy atom. The molecule has 0 heterocycles. The number of aliphatic hydroxyl groups excluding tert-OH is 1. The number of rotatable bonds is 3. The third-order valence-corrected chi connectivity index (χ3v) is 8.70. The summed E-state index contributed by atoms with van der Waals surface area (Å²) in [4.78, 5) is 0. The summed E-state index contributed by atoms with van der Waals surface area (Å²) in [6, 6.07) is 7.17. The quantitative estimate of drug-likeness (QED) is 0.606. The minimum atomic E-state index is -3.41. The summed E-state index contributed by atoms with van der Waals surface area (Å²) in [7, 11) is -3.41. The van der Waals surface area contributed by atoms with Gasteiger partial charge in [-0.1, -0.05) is 40.2 Å². The second-order valence-corrected chi connectivity index (χ2v) is 11.5. The standard InChI is InChI=1S/C10H12BrIO3S/c1-7-5-3-4-6-8(7)9(13)10(11,12)16(2,14)15/h3-6,9,13H,1-2H3/t9-,10+/m0/s1. The lowest BCUT2D eigenvalue weighted by Crippen LogP contribution is -2.31. The molecule has 0 aliphatic heterocycles. The lowest BCUT2D eigenvalue weighted by atomic mass is 10.1. The molecule has 3 nitrogen and oxygen atoms in total. The van der Waals surface area contributed by atoms with E-state index in [0.29, 0.717) is 5.56 Å². The molecule has 1 rings (SSSR count). The minimum Gasteiger partial charge on any atom is -0.385 e. The van der Waals surface area contributed by atoms with Crippen molar-refractivity contribution in [3.05, 3.63) is 35.4 Å². The molecule has 1 N–H and O–H groups in total. The summed E-state index contributed by atoms with van der Waals surface area (Å²) in [6.45, 7) is 1.83. The van der Waals surface area contributed by atoms with E-state index in [0.717, 1.165) is 11.8 Å². The maximum Gasteiger partial charge on any atom is 0.206 e.